The minimum atomic E-state index is -0.268. The second-order valence-corrected chi connectivity index (χ2v) is 4.63. The monoisotopic (exact) mass is 302 g/mol. The van der Waals surface area contributed by atoms with Crippen LogP contribution in [0.1, 0.15) is 29.3 Å². The molecule has 1 rings (SSSR count). The molecule has 0 saturated heterocycles. The van der Waals surface area contributed by atoms with Crippen LogP contribution in [-0.4, -0.2) is 17.9 Å². The molecule has 1 aromatic rings. The fraction of sp³-hybridized carbons (Fsp3) is 0.417. The summed E-state index contributed by atoms with van der Waals surface area (Å²) < 4.78 is 4.95. The number of halogens is 1. The van der Waals surface area contributed by atoms with E-state index in [-0.39, 0.29) is 5.97 Å². The van der Waals surface area contributed by atoms with E-state index in [1.165, 1.54) is 0 Å². The van der Waals surface area contributed by atoms with Crippen LogP contribution < -0.4 is 0 Å². The molecule has 4 heteroatoms. The van der Waals surface area contributed by atoms with E-state index in [1.54, 1.807) is 13.0 Å². The van der Waals surface area contributed by atoms with Gasteiger partial charge in [0, 0.05) is 10.2 Å². The van der Waals surface area contributed by atoms with Gasteiger partial charge in [0.05, 0.1) is 12.2 Å². The van der Waals surface area contributed by atoms with E-state index in [2.05, 4.69) is 28.6 Å². The van der Waals surface area contributed by atoms with Crippen molar-refractivity contribution in [1.82, 2.24) is 0 Å². The van der Waals surface area contributed by atoms with Crippen LogP contribution in [-0.2, 0) is 11.2 Å². The van der Waals surface area contributed by atoms with Crippen LogP contribution in [0.4, 0.5) is 0 Å². The lowest BCUT2D eigenvalue weighted by Gasteiger charge is -2.07. The lowest BCUT2D eigenvalue weighted by atomic mass is 10.1. The molecule has 0 aliphatic carbocycles. The van der Waals surface area contributed by atoms with Crippen LogP contribution in [0.3, 0.4) is 0 Å². The van der Waals surface area contributed by atoms with E-state index in [0.717, 1.165) is 28.6 Å². The van der Waals surface area contributed by atoms with Crippen molar-refractivity contribution in [2.75, 3.05) is 11.9 Å². The Morgan fingerprint density at radius 1 is 1.50 bits per heavy atom. The number of carbonyl (C=O) groups is 1. The maximum Gasteiger partial charge on any atom is 0.338 e. The van der Waals surface area contributed by atoms with E-state index in [0.29, 0.717) is 12.2 Å². The maximum absolute atomic E-state index is 11.5. The summed E-state index contributed by atoms with van der Waals surface area (Å²) in [6.07, 6.45) is 1.94. The van der Waals surface area contributed by atoms with Gasteiger partial charge in [0.2, 0.25) is 0 Å². The summed E-state index contributed by atoms with van der Waals surface area (Å²) in [5, 5.41) is 0.948. The molecule has 0 spiro atoms. The van der Waals surface area contributed by atoms with Gasteiger partial charge in [0.15, 0.2) is 0 Å². The molecule has 0 fully saturated rings. The average molecular weight is 303 g/mol. The predicted octanol–water partition coefficient (Wildman–Crippen LogP) is 3.48. The molecule has 2 nitrogen and oxygen atoms in total. The second kappa shape index (κ2) is 6.97. The molecular weight excluding hydrogens is 288 g/mol. The first-order chi connectivity index (χ1) is 7.69. The molecule has 0 heterocycles. The maximum atomic E-state index is 11.5. The molecule has 0 saturated carbocycles. The normalized spacial score (nSPS) is 10.2. The minimum absolute atomic E-state index is 0.268. The fourth-order valence-corrected chi connectivity index (χ4v) is 1.92. The topological polar surface area (TPSA) is 26.3 Å². The number of hydrogen-bond acceptors (Lipinski definition) is 3. The zero-order valence-corrected chi connectivity index (χ0v) is 11.7. The van der Waals surface area contributed by atoms with Crippen LogP contribution >= 0.6 is 28.6 Å². The second-order valence-electron chi connectivity index (χ2n) is 3.36. The van der Waals surface area contributed by atoms with Gasteiger partial charge in [0.1, 0.15) is 0 Å². The van der Waals surface area contributed by atoms with Gasteiger partial charge in [-0.1, -0.05) is 15.9 Å². The largest absolute Gasteiger partial charge is 0.462 e. The third-order valence-corrected chi connectivity index (χ3v) is 3.17. The van der Waals surface area contributed by atoms with Crippen LogP contribution in [0.2, 0.25) is 0 Å². The van der Waals surface area contributed by atoms with Gasteiger partial charge >= 0.3 is 5.97 Å². The van der Waals surface area contributed by atoms with Gasteiger partial charge in [-0.25, -0.2) is 4.79 Å². The van der Waals surface area contributed by atoms with Crippen LogP contribution in [0.25, 0.3) is 0 Å². The van der Waals surface area contributed by atoms with E-state index < -0.39 is 0 Å². The van der Waals surface area contributed by atoms with Crippen molar-refractivity contribution in [3.63, 3.8) is 0 Å². The molecule has 88 valence electrons. The molecule has 0 N–H and O–H groups in total. The third-order valence-electron chi connectivity index (χ3n) is 2.17. The van der Waals surface area contributed by atoms with Crippen molar-refractivity contribution >= 4 is 34.5 Å². The summed E-state index contributed by atoms with van der Waals surface area (Å²) >= 11 is 7.76. The van der Waals surface area contributed by atoms with Crippen molar-refractivity contribution in [2.24, 2.45) is 0 Å². The van der Waals surface area contributed by atoms with Gasteiger partial charge < -0.3 is 4.74 Å². The standard InChI is InChI=1S/C12H15BrO2S/c1-2-15-12(14)10-5-6-11(16)9(8-10)4-3-7-13/h5-6,8,16H,2-4,7H2,1H3. The summed E-state index contributed by atoms with van der Waals surface area (Å²) in [5.41, 5.74) is 1.69. The summed E-state index contributed by atoms with van der Waals surface area (Å²) in [4.78, 5) is 12.5. The minimum Gasteiger partial charge on any atom is -0.462 e. The molecule has 0 amide bonds. The number of ether oxygens (including phenoxy) is 1. The van der Waals surface area contributed by atoms with E-state index in [9.17, 15) is 4.79 Å². The number of thiol groups is 1. The Bertz CT molecular complexity index is 366. The number of esters is 1. The number of alkyl halides is 1. The quantitative estimate of drug-likeness (QED) is 0.512. The Kier molecular flexibility index (Phi) is 5.91. The Hall–Kier alpha value is -0.480. The molecular formula is C12H15BrO2S. The van der Waals surface area contributed by atoms with Gasteiger partial charge in [-0.15, -0.1) is 12.6 Å². The molecule has 1 aromatic carbocycles. The number of benzene rings is 1. The Balaban J connectivity index is 2.84. The van der Waals surface area contributed by atoms with Gasteiger partial charge in [-0.2, -0.15) is 0 Å². The summed E-state index contributed by atoms with van der Waals surface area (Å²) in [6.45, 7) is 2.20. The Labute approximate surface area is 110 Å². The molecule has 16 heavy (non-hydrogen) atoms. The first-order valence-corrected chi connectivity index (χ1v) is 6.81. The van der Waals surface area contributed by atoms with Gasteiger partial charge in [0.25, 0.3) is 0 Å². The van der Waals surface area contributed by atoms with E-state index in [4.69, 9.17) is 4.74 Å². The zero-order valence-electron chi connectivity index (χ0n) is 9.20. The average Bonchev–Trinajstić information content (AvgIpc) is 2.28. The van der Waals surface area contributed by atoms with Crippen LogP contribution in [0, 0.1) is 0 Å². The highest BCUT2D eigenvalue weighted by molar-refractivity contribution is 9.09. The van der Waals surface area contributed by atoms with Crippen LogP contribution in [0.15, 0.2) is 23.1 Å². The fourth-order valence-electron chi connectivity index (χ4n) is 1.38. The zero-order chi connectivity index (χ0) is 12.0. The first kappa shape index (κ1) is 13.6. The van der Waals surface area contributed by atoms with Crippen LogP contribution in [0.5, 0.6) is 0 Å². The third kappa shape index (κ3) is 3.83. The lowest BCUT2D eigenvalue weighted by Crippen LogP contribution is -2.05. The molecule has 0 aliphatic rings. The van der Waals surface area contributed by atoms with Gasteiger partial charge in [-0.3, -0.25) is 0 Å². The molecule has 0 bridgehead atoms. The van der Waals surface area contributed by atoms with Crippen molar-refractivity contribution in [3.8, 4) is 0 Å². The van der Waals surface area contributed by atoms with Crippen molar-refractivity contribution < 1.29 is 9.53 Å². The highest BCUT2D eigenvalue weighted by Crippen LogP contribution is 2.18. The molecule has 0 unspecified atom stereocenters. The number of hydrogen-bond donors (Lipinski definition) is 1. The van der Waals surface area contributed by atoms with Crippen molar-refractivity contribution in [1.29, 1.82) is 0 Å². The number of rotatable bonds is 5. The number of aryl methyl sites for hydroxylation is 1. The Morgan fingerprint density at radius 3 is 2.88 bits per heavy atom. The van der Waals surface area contributed by atoms with Gasteiger partial charge in [-0.05, 0) is 43.5 Å². The summed E-state index contributed by atoms with van der Waals surface area (Å²) in [7, 11) is 0. The molecule has 0 aromatic heterocycles. The summed E-state index contributed by atoms with van der Waals surface area (Å²) in [6, 6.07) is 5.46. The smallest absolute Gasteiger partial charge is 0.338 e. The van der Waals surface area contributed by atoms with E-state index in [1.807, 2.05) is 12.1 Å². The Morgan fingerprint density at radius 2 is 2.25 bits per heavy atom. The van der Waals surface area contributed by atoms with Crippen molar-refractivity contribution in [2.45, 2.75) is 24.7 Å². The number of carbonyl (C=O) groups excluding carboxylic acids is 1. The van der Waals surface area contributed by atoms with Crippen molar-refractivity contribution in [3.05, 3.63) is 29.3 Å². The highest BCUT2D eigenvalue weighted by atomic mass is 79.9. The first-order valence-electron chi connectivity index (χ1n) is 5.24. The lowest BCUT2D eigenvalue weighted by molar-refractivity contribution is 0.0526. The predicted molar refractivity (Wildman–Crippen MR) is 71.8 cm³/mol. The molecule has 0 aliphatic heterocycles. The highest BCUT2D eigenvalue weighted by Gasteiger charge is 2.08. The summed E-state index contributed by atoms with van der Waals surface area (Å²) in [5.74, 6) is -0.268. The molecule has 0 radical (unpaired) electrons. The SMILES string of the molecule is CCOC(=O)c1ccc(S)c(CCCBr)c1. The molecule has 0 atom stereocenters. The van der Waals surface area contributed by atoms with E-state index >= 15 is 0 Å².